The highest BCUT2D eigenvalue weighted by atomic mass is 16.6. The lowest BCUT2D eigenvalue weighted by Crippen LogP contribution is -1.98. The second-order valence-corrected chi connectivity index (χ2v) is 4.75. The van der Waals surface area contributed by atoms with Gasteiger partial charge in [0.1, 0.15) is 11.4 Å². The van der Waals surface area contributed by atoms with Crippen LogP contribution in [-0.2, 0) is 7.05 Å². The van der Waals surface area contributed by atoms with Crippen molar-refractivity contribution in [2.24, 2.45) is 7.05 Å². The van der Waals surface area contributed by atoms with Crippen LogP contribution >= 0.6 is 0 Å². The molecule has 20 heavy (non-hydrogen) atoms. The molecule has 7 nitrogen and oxygen atoms in total. The largest absolute Gasteiger partial charge is 0.434 e. The van der Waals surface area contributed by atoms with Gasteiger partial charge in [-0.15, -0.1) is 0 Å². The number of nitrogens with zero attached hydrogens (tertiary/aromatic N) is 3. The van der Waals surface area contributed by atoms with E-state index >= 15 is 0 Å². The van der Waals surface area contributed by atoms with E-state index in [4.69, 9.17) is 10.5 Å². The SMILES string of the molecule is CC(C)c1nn(C)c(Oc2cccc(N)c2)c1[N+](=O)[O-]. The van der Waals surface area contributed by atoms with Crippen LogP contribution in [0.2, 0.25) is 0 Å². The Bertz CT molecular complexity index is 649. The molecule has 0 saturated carbocycles. The number of aryl methyl sites for hydroxylation is 1. The van der Waals surface area contributed by atoms with E-state index in [0.29, 0.717) is 17.1 Å². The van der Waals surface area contributed by atoms with Crippen molar-refractivity contribution in [3.05, 3.63) is 40.1 Å². The molecule has 0 fully saturated rings. The van der Waals surface area contributed by atoms with Gasteiger partial charge in [-0.1, -0.05) is 19.9 Å². The van der Waals surface area contributed by atoms with Crippen LogP contribution in [0, 0.1) is 10.1 Å². The van der Waals surface area contributed by atoms with E-state index in [2.05, 4.69) is 5.10 Å². The van der Waals surface area contributed by atoms with Gasteiger partial charge in [0, 0.05) is 24.7 Å². The molecule has 0 spiro atoms. The second-order valence-electron chi connectivity index (χ2n) is 4.75. The van der Waals surface area contributed by atoms with Crippen LogP contribution in [0.4, 0.5) is 11.4 Å². The van der Waals surface area contributed by atoms with Crippen LogP contribution in [-0.4, -0.2) is 14.7 Å². The Hall–Kier alpha value is -2.57. The summed E-state index contributed by atoms with van der Waals surface area (Å²) in [4.78, 5) is 10.8. The average molecular weight is 276 g/mol. The minimum absolute atomic E-state index is 0.0696. The highest BCUT2D eigenvalue weighted by Gasteiger charge is 2.30. The predicted octanol–water partition coefficient (Wildman–Crippen LogP) is 2.83. The maximum absolute atomic E-state index is 11.3. The van der Waals surface area contributed by atoms with Gasteiger partial charge in [-0.3, -0.25) is 10.1 Å². The first-order valence-corrected chi connectivity index (χ1v) is 6.14. The molecule has 0 amide bonds. The van der Waals surface area contributed by atoms with Gasteiger partial charge < -0.3 is 10.5 Å². The van der Waals surface area contributed by atoms with E-state index < -0.39 is 4.92 Å². The van der Waals surface area contributed by atoms with Crippen LogP contribution in [0.5, 0.6) is 11.6 Å². The van der Waals surface area contributed by atoms with Crippen LogP contribution in [0.3, 0.4) is 0 Å². The van der Waals surface area contributed by atoms with Crippen molar-refractivity contribution >= 4 is 11.4 Å². The zero-order chi connectivity index (χ0) is 14.9. The third kappa shape index (κ3) is 2.56. The number of hydrogen-bond donors (Lipinski definition) is 1. The molecule has 1 heterocycles. The summed E-state index contributed by atoms with van der Waals surface area (Å²) in [5.74, 6) is 0.468. The molecule has 2 rings (SSSR count). The maximum Gasteiger partial charge on any atom is 0.354 e. The van der Waals surface area contributed by atoms with E-state index in [1.165, 1.54) is 4.68 Å². The molecule has 0 bridgehead atoms. The van der Waals surface area contributed by atoms with E-state index in [1.54, 1.807) is 31.3 Å². The first kappa shape index (κ1) is 13.9. The molecule has 0 saturated heterocycles. The molecule has 0 atom stereocenters. The molecule has 0 radical (unpaired) electrons. The van der Waals surface area contributed by atoms with Gasteiger partial charge in [0.05, 0.1) is 4.92 Å². The first-order valence-electron chi connectivity index (χ1n) is 6.14. The van der Waals surface area contributed by atoms with Crippen molar-refractivity contribution in [2.75, 3.05) is 5.73 Å². The molecule has 7 heteroatoms. The number of hydrogen-bond acceptors (Lipinski definition) is 5. The van der Waals surface area contributed by atoms with E-state index in [-0.39, 0.29) is 17.5 Å². The van der Waals surface area contributed by atoms with Crippen molar-refractivity contribution in [3.63, 3.8) is 0 Å². The number of benzene rings is 1. The molecule has 1 aromatic carbocycles. The Morgan fingerprint density at radius 3 is 2.70 bits per heavy atom. The molecule has 0 aliphatic heterocycles. The smallest absolute Gasteiger partial charge is 0.354 e. The zero-order valence-corrected chi connectivity index (χ0v) is 11.5. The predicted molar refractivity (Wildman–Crippen MR) is 74.9 cm³/mol. The Morgan fingerprint density at radius 1 is 1.45 bits per heavy atom. The summed E-state index contributed by atoms with van der Waals surface area (Å²) >= 11 is 0. The Balaban J connectivity index is 2.48. The van der Waals surface area contributed by atoms with Crippen LogP contribution < -0.4 is 10.5 Å². The van der Waals surface area contributed by atoms with Gasteiger partial charge in [0.2, 0.25) is 0 Å². The number of ether oxygens (including phenoxy) is 1. The number of nitrogens with two attached hydrogens (primary N) is 1. The molecular formula is C13H16N4O3. The van der Waals surface area contributed by atoms with E-state index in [9.17, 15) is 10.1 Å². The average Bonchev–Trinajstić information content (AvgIpc) is 2.67. The van der Waals surface area contributed by atoms with Gasteiger partial charge in [0.25, 0.3) is 5.88 Å². The van der Waals surface area contributed by atoms with Crippen LogP contribution in [0.15, 0.2) is 24.3 Å². The van der Waals surface area contributed by atoms with Crippen molar-refractivity contribution in [1.29, 1.82) is 0 Å². The summed E-state index contributed by atoms with van der Waals surface area (Å²) in [5.41, 5.74) is 6.48. The molecule has 2 N–H and O–H groups in total. The van der Waals surface area contributed by atoms with E-state index in [1.807, 2.05) is 13.8 Å². The summed E-state index contributed by atoms with van der Waals surface area (Å²) in [5, 5.41) is 15.4. The minimum Gasteiger partial charge on any atom is -0.434 e. The standard InChI is InChI=1S/C13H16N4O3/c1-8(2)11-12(17(18)19)13(16(3)15-11)20-10-6-4-5-9(14)7-10/h4-8H,14H2,1-3H3. The number of nitrogen functional groups attached to an aromatic ring is 1. The van der Waals surface area contributed by atoms with Gasteiger partial charge in [-0.25, -0.2) is 4.68 Å². The fourth-order valence-electron chi connectivity index (χ4n) is 1.88. The fourth-order valence-corrected chi connectivity index (χ4v) is 1.88. The highest BCUT2D eigenvalue weighted by molar-refractivity contribution is 5.51. The molecule has 1 aromatic heterocycles. The lowest BCUT2D eigenvalue weighted by molar-refractivity contribution is -0.386. The van der Waals surface area contributed by atoms with Gasteiger partial charge in [0.15, 0.2) is 0 Å². The van der Waals surface area contributed by atoms with Crippen LogP contribution in [0.1, 0.15) is 25.5 Å². The van der Waals surface area contributed by atoms with Crippen molar-refractivity contribution in [2.45, 2.75) is 19.8 Å². The fraction of sp³-hybridized carbons (Fsp3) is 0.308. The first-order chi connectivity index (χ1) is 9.40. The molecule has 0 unspecified atom stereocenters. The summed E-state index contributed by atoms with van der Waals surface area (Å²) in [6.45, 7) is 3.69. The molecule has 106 valence electrons. The number of rotatable bonds is 4. The lowest BCUT2D eigenvalue weighted by Gasteiger charge is -2.05. The summed E-state index contributed by atoms with van der Waals surface area (Å²) in [7, 11) is 1.61. The number of anilines is 1. The zero-order valence-electron chi connectivity index (χ0n) is 11.5. The van der Waals surface area contributed by atoms with Crippen molar-refractivity contribution < 1.29 is 9.66 Å². The normalized spacial score (nSPS) is 10.8. The van der Waals surface area contributed by atoms with Gasteiger partial charge >= 0.3 is 5.69 Å². The number of nitro groups is 1. The Labute approximate surface area is 116 Å². The minimum atomic E-state index is -0.468. The third-order valence-electron chi connectivity index (χ3n) is 2.80. The Morgan fingerprint density at radius 2 is 2.15 bits per heavy atom. The quantitative estimate of drug-likeness (QED) is 0.526. The molecule has 2 aromatic rings. The third-order valence-corrected chi connectivity index (χ3v) is 2.80. The van der Waals surface area contributed by atoms with Gasteiger partial charge in [-0.05, 0) is 12.1 Å². The lowest BCUT2D eigenvalue weighted by atomic mass is 10.1. The maximum atomic E-state index is 11.3. The summed E-state index contributed by atoms with van der Waals surface area (Å²) < 4.78 is 6.96. The topological polar surface area (TPSA) is 96.2 Å². The van der Waals surface area contributed by atoms with Crippen molar-refractivity contribution in [3.8, 4) is 11.6 Å². The summed E-state index contributed by atoms with van der Waals surface area (Å²) in [6.07, 6.45) is 0. The highest BCUT2D eigenvalue weighted by Crippen LogP contribution is 2.37. The van der Waals surface area contributed by atoms with Gasteiger partial charge in [-0.2, -0.15) is 5.10 Å². The van der Waals surface area contributed by atoms with Crippen LogP contribution in [0.25, 0.3) is 0 Å². The second kappa shape index (κ2) is 5.20. The molecule has 0 aliphatic carbocycles. The monoisotopic (exact) mass is 276 g/mol. The van der Waals surface area contributed by atoms with Crippen molar-refractivity contribution in [1.82, 2.24) is 9.78 Å². The van der Waals surface area contributed by atoms with E-state index in [0.717, 1.165) is 0 Å². The Kier molecular flexibility index (Phi) is 3.60. The molecule has 0 aliphatic rings. The number of aromatic nitrogens is 2. The molecular weight excluding hydrogens is 260 g/mol. The summed E-state index contributed by atoms with van der Waals surface area (Å²) in [6, 6.07) is 6.72.